The average molecular weight is 347 g/mol. The smallest absolute Gasteiger partial charge is 0.212 e. The summed E-state index contributed by atoms with van der Waals surface area (Å²) < 4.78 is 32.6. The molecule has 0 amide bonds. The fraction of sp³-hybridized carbons (Fsp3) is 0.333. The van der Waals surface area contributed by atoms with E-state index in [4.69, 9.17) is 4.74 Å². The van der Waals surface area contributed by atoms with Crippen LogP contribution < -0.4 is 9.46 Å². The minimum atomic E-state index is -3.47. The largest absolute Gasteiger partial charge is 0.493 e. The molecule has 0 radical (unpaired) electrons. The summed E-state index contributed by atoms with van der Waals surface area (Å²) in [5.74, 6) is 0.598. The molecule has 0 saturated heterocycles. The van der Waals surface area contributed by atoms with E-state index in [1.54, 1.807) is 12.1 Å². The molecule has 2 N–H and O–H groups in total. The highest BCUT2D eigenvalue weighted by Crippen LogP contribution is 2.36. The maximum Gasteiger partial charge on any atom is 0.212 e. The summed E-state index contributed by atoms with van der Waals surface area (Å²) in [6.45, 7) is 0.309. The van der Waals surface area contributed by atoms with Gasteiger partial charge in [-0.15, -0.1) is 0 Å². The van der Waals surface area contributed by atoms with Gasteiger partial charge in [-0.3, -0.25) is 0 Å². The lowest BCUT2D eigenvalue weighted by atomic mass is 9.88. The number of rotatable bonds is 6. The van der Waals surface area contributed by atoms with Crippen molar-refractivity contribution in [2.75, 3.05) is 18.9 Å². The molecule has 0 fully saturated rings. The predicted molar refractivity (Wildman–Crippen MR) is 92.4 cm³/mol. The molecular formula is C18H21NO4S. The van der Waals surface area contributed by atoms with Crippen LogP contribution in [0.25, 0.3) is 0 Å². The molecule has 0 aromatic heterocycles. The van der Waals surface area contributed by atoms with Crippen molar-refractivity contribution in [3.63, 3.8) is 0 Å². The summed E-state index contributed by atoms with van der Waals surface area (Å²) >= 11 is 0. The zero-order chi connectivity index (χ0) is 17.0. The lowest BCUT2D eigenvalue weighted by Crippen LogP contribution is -2.44. The molecule has 6 heteroatoms. The van der Waals surface area contributed by atoms with Gasteiger partial charge in [-0.05, 0) is 18.1 Å². The topological polar surface area (TPSA) is 75.6 Å². The molecule has 0 spiro atoms. The van der Waals surface area contributed by atoms with Crippen LogP contribution in [0, 0.1) is 0 Å². The van der Waals surface area contributed by atoms with Crippen LogP contribution in [0.3, 0.4) is 0 Å². The van der Waals surface area contributed by atoms with Crippen LogP contribution in [0.2, 0.25) is 0 Å². The number of para-hydroxylation sites is 1. The molecule has 1 heterocycles. The van der Waals surface area contributed by atoms with Crippen LogP contribution in [-0.2, 0) is 22.0 Å². The van der Waals surface area contributed by atoms with Crippen molar-refractivity contribution in [3.8, 4) is 5.75 Å². The number of hydrogen-bond acceptors (Lipinski definition) is 4. The molecule has 2 aromatic rings. The second kappa shape index (κ2) is 6.93. The first-order chi connectivity index (χ1) is 11.5. The Morgan fingerprint density at radius 1 is 1.08 bits per heavy atom. The van der Waals surface area contributed by atoms with Crippen LogP contribution in [0.1, 0.15) is 17.5 Å². The van der Waals surface area contributed by atoms with E-state index in [1.807, 2.05) is 42.5 Å². The van der Waals surface area contributed by atoms with E-state index < -0.39 is 15.6 Å². The lowest BCUT2D eigenvalue weighted by molar-refractivity contribution is 0.00220. The molecule has 0 aliphatic carbocycles. The van der Waals surface area contributed by atoms with E-state index in [2.05, 4.69) is 4.72 Å². The first-order valence-electron chi connectivity index (χ1n) is 7.94. The van der Waals surface area contributed by atoms with Gasteiger partial charge < -0.3 is 9.84 Å². The zero-order valence-corrected chi connectivity index (χ0v) is 14.1. The van der Waals surface area contributed by atoms with Crippen molar-refractivity contribution in [1.29, 1.82) is 0 Å². The quantitative estimate of drug-likeness (QED) is 0.836. The molecule has 1 atom stereocenters. The van der Waals surface area contributed by atoms with Crippen molar-refractivity contribution in [3.05, 3.63) is 65.7 Å². The van der Waals surface area contributed by atoms with Gasteiger partial charge >= 0.3 is 0 Å². The van der Waals surface area contributed by atoms with Gasteiger partial charge in [0.05, 0.1) is 12.4 Å². The number of nitrogens with one attached hydrogen (secondary N) is 1. The van der Waals surface area contributed by atoms with E-state index >= 15 is 0 Å². The molecule has 5 nitrogen and oxygen atoms in total. The molecule has 1 aliphatic rings. The Labute approximate surface area is 142 Å². The zero-order valence-electron chi connectivity index (χ0n) is 13.3. The van der Waals surface area contributed by atoms with Crippen LogP contribution >= 0.6 is 0 Å². The van der Waals surface area contributed by atoms with Crippen molar-refractivity contribution < 1.29 is 18.3 Å². The SMILES string of the molecule is O=S(=O)(CCc1ccccc1)NCC1(O)CCOc2ccccc21. The predicted octanol–water partition coefficient (Wildman–Crippen LogP) is 1.82. The number of hydrogen-bond donors (Lipinski definition) is 2. The van der Waals surface area contributed by atoms with Crippen molar-refractivity contribution in [2.24, 2.45) is 0 Å². The van der Waals surface area contributed by atoms with Crippen LogP contribution in [0.5, 0.6) is 5.75 Å². The molecule has 0 saturated carbocycles. The van der Waals surface area contributed by atoms with Gasteiger partial charge in [-0.25, -0.2) is 13.1 Å². The molecular weight excluding hydrogens is 326 g/mol. The van der Waals surface area contributed by atoms with Gasteiger partial charge in [0.15, 0.2) is 0 Å². The standard InChI is InChI=1S/C18H21NO4S/c20-18(11-12-23-17-9-5-4-8-16(17)18)14-19-24(21,22)13-10-15-6-2-1-3-7-15/h1-9,19-20H,10-14H2. The minimum absolute atomic E-state index is 0.00869. The summed E-state index contributed by atoms with van der Waals surface area (Å²) in [6, 6.07) is 16.7. The molecule has 1 unspecified atom stereocenters. The Bertz CT molecular complexity index is 792. The summed E-state index contributed by atoms with van der Waals surface area (Å²) in [5.41, 5.74) is 0.356. The van der Waals surface area contributed by atoms with Gasteiger partial charge in [-0.1, -0.05) is 48.5 Å². The van der Waals surface area contributed by atoms with Crippen molar-refractivity contribution >= 4 is 10.0 Å². The van der Waals surface area contributed by atoms with E-state index in [1.165, 1.54) is 0 Å². The molecule has 2 aromatic carbocycles. The van der Waals surface area contributed by atoms with Gasteiger partial charge in [0.2, 0.25) is 10.0 Å². The van der Waals surface area contributed by atoms with Crippen LogP contribution in [-0.4, -0.2) is 32.4 Å². The van der Waals surface area contributed by atoms with E-state index in [0.717, 1.165) is 5.56 Å². The third kappa shape index (κ3) is 3.95. The first kappa shape index (κ1) is 17.0. The highest BCUT2D eigenvalue weighted by Gasteiger charge is 2.36. The second-order valence-corrected chi connectivity index (χ2v) is 7.93. The summed E-state index contributed by atoms with van der Waals surface area (Å²) in [5, 5.41) is 10.9. The first-order valence-corrected chi connectivity index (χ1v) is 9.60. The highest BCUT2D eigenvalue weighted by molar-refractivity contribution is 7.89. The van der Waals surface area contributed by atoms with Crippen LogP contribution in [0.4, 0.5) is 0 Å². The Morgan fingerprint density at radius 2 is 1.79 bits per heavy atom. The molecule has 0 bridgehead atoms. The fourth-order valence-electron chi connectivity index (χ4n) is 2.82. The number of benzene rings is 2. The lowest BCUT2D eigenvalue weighted by Gasteiger charge is -2.34. The third-order valence-electron chi connectivity index (χ3n) is 4.25. The number of ether oxygens (including phenoxy) is 1. The number of fused-ring (bicyclic) bond motifs is 1. The van der Waals surface area contributed by atoms with E-state index in [-0.39, 0.29) is 12.3 Å². The normalized spacial score (nSPS) is 20.2. The fourth-order valence-corrected chi connectivity index (χ4v) is 3.93. The van der Waals surface area contributed by atoms with Crippen molar-refractivity contribution in [1.82, 2.24) is 4.72 Å². The van der Waals surface area contributed by atoms with Gasteiger partial charge in [-0.2, -0.15) is 0 Å². The number of aryl methyl sites for hydroxylation is 1. The average Bonchev–Trinajstić information content (AvgIpc) is 2.60. The number of aliphatic hydroxyl groups is 1. The minimum Gasteiger partial charge on any atom is -0.493 e. The third-order valence-corrected chi connectivity index (χ3v) is 5.57. The monoisotopic (exact) mass is 347 g/mol. The molecule has 1 aliphatic heterocycles. The molecule has 3 rings (SSSR count). The van der Waals surface area contributed by atoms with Crippen molar-refractivity contribution in [2.45, 2.75) is 18.4 Å². The van der Waals surface area contributed by atoms with Gasteiger partial charge in [0, 0.05) is 18.5 Å². The second-order valence-electron chi connectivity index (χ2n) is 6.00. The summed E-state index contributed by atoms with van der Waals surface area (Å²) in [6.07, 6.45) is 0.791. The number of sulfonamides is 1. The van der Waals surface area contributed by atoms with Gasteiger partial charge in [0.1, 0.15) is 11.4 Å². The molecule has 128 valence electrons. The maximum absolute atomic E-state index is 12.2. The van der Waals surface area contributed by atoms with Gasteiger partial charge in [0.25, 0.3) is 0 Å². The summed E-state index contributed by atoms with van der Waals surface area (Å²) in [4.78, 5) is 0. The molecule has 24 heavy (non-hydrogen) atoms. The Kier molecular flexibility index (Phi) is 4.89. The maximum atomic E-state index is 12.2. The Hall–Kier alpha value is -1.89. The Balaban J connectivity index is 1.64. The van der Waals surface area contributed by atoms with Crippen LogP contribution in [0.15, 0.2) is 54.6 Å². The Morgan fingerprint density at radius 3 is 2.58 bits per heavy atom. The summed E-state index contributed by atoms with van der Waals surface area (Å²) in [7, 11) is -3.47. The van der Waals surface area contributed by atoms with E-state index in [0.29, 0.717) is 30.8 Å². The highest BCUT2D eigenvalue weighted by atomic mass is 32.2. The van der Waals surface area contributed by atoms with E-state index in [9.17, 15) is 13.5 Å².